The van der Waals surface area contributed by atoms with Crippen molar-refractivity contribution in [3.05, 3.63) is 0 Å². The third-order valence-electron chi connectivity index (χ3n) is 2.98. The van der Waals surface area contributed by atoms with Crippen molar-refractivity contribution in [3.63, 3.8) is 0 Å². The Morgan fingerprint density at radius 2 is 2.25 bits per heavy atom. The van der Waals surface area contributed by atoms with Crippen molar-refractivity contribution < 1.29 is 0 Å². The van der Waals surface area contributed by atoms with Crippen LogP contribution in [0.5, 0.6) is 0 Å². The van der Waals surface area contributed by atoms with Crippen molar-refractivity contribution in [2.24, 2.45) is 4.99 Å². The van der Waals surface area contributed by atoms with Crippen LogP contribution in [0.1, 0.15) is 39.5 Å². The van der Waals surface area contributed by atoms with E-state index in [2.05, 4.69) is 41.2 Å². The molecular formula is C12H25N3S. The summed E-state index contributed by atoms with van der Waals surface area (Å²) in [6, 6.07) is 0. The second kappa shape index (κ2) is 7.05. The number of nitrogens with zero attached hydrogens (tertiary/aromatic N) is 1. The van der Waals surface area contributed by atoms with Crippen LogP contribution in [-0.2, 0) is 0 Å². The molecule has 16 heavy (non-hydrogen) atoms. The number of unbranched alkanes of at least 4 members (excludes halogenated alkanes) is 1. The molecule has 0 aromatic carbocycles. The quantitative estimate of drug-likeness (QED) is 0.442. The third-order valence-corrected chi connectivity index (χ3v) is 4.51. The first-order chi connectivity index (χ1) is 7.70. The first kappa shape index (κ1) is 13.7. The highest BCUT2D eigenvalue weighted by Crippen LogP contribution is 2.36. The first-order valence-corrected chi connectivity index (χ1v) is 7.27. The molecule has 1 fully saturated rings. The number of nitrogens with one attached hydrogen (secondary N) is 2. The standard InChI is InChI=1S/C12H25N3S/c1-4-5-8-14-11(13-3)15-10-12(2)7-6-9-16-12/h4-10H2,1-3H3,(H2,13,14,15). The van der Waals surface area contributed by atoms with E-state index in [0.29, 0.717) is 4.75 Å². The maximum absolute atomic E-state index is 4.24. The lowest BCUT2D eigenvalue weighted by Crippen LogP contribution is -2.43. The Hall–Kier alpha value is -0.380. The van der Waals surface area contributed by atoms with Crippen molar-refractivity contribution in [3.8, 4) is 0 Å². The van der Waals surface area contributed by atoms with Crippen molar-refractivity contribution in [1.29, 1.82) is 0 Å². The molecule has 1 unspecified atom stereocenters. The monoisotopic (exact) mass is 243 g/mol. The Morgan fingerprint density at radius 1 is 1.44 bits per heavy atom. The predicted molar refractivity (Wildman–Crippen MR) is 74.4 cm³/mol. The summed E-state index contributed by atoms with van der Waals surface area (Å²) >= 11 is 2.08. The summed E-state index contributed by atoms with van der Waals surface area (Å²) in [5.74, 6) is 2.25. The van der Waals surface area contributed by atoms with Crippen molar-refractivity contribution in [1.82, 2.24) is 10.6 Å². The second-order valence-corrected chi connectivity index (χ2v) is 6.29. The van der Waals surface area contributed by atoms with Gasteiger partial charge in [-0.15, -0.1) is 0 Å². The van der Waals surface area contributed by atoms with Crippen LogP contribution in [0.15, 0.2) is 4.99 Å². The molecule has 4 heteroatoms. The molecule has 1 atom stereocenters. The van der Waals surface area contributed by atoms with Crippen molar-refractivity contribution >= 4 is 17.7 Å². The van der Waals surface area contributed by atoms with E-state index in [1.165, 1.54) is 31.4 Å². The molecule has 2 N–H and O–H groups in total. The van der Waals surface area contributed by atoms with Crippen LogP contribution in [0, 0.1) is 0 Å². The van der Waals surface area contributed by atoms with Crippen LogP contribution < -0.4 is 10.6 Å². The second-order valence-electron chi connectivity index (χ2n) is 4.61. The Balaban J connectivity index is 2.23. The molecule has 0 amide bonds. The number of hydrogen-bond acceptors (Lipinski definition) is 2. The molecule has 0 aliphatic carbocycles. The summed E-state index contributed by atoms with van der Waals surface area (Å²) in [5, 5.41) is 6.77. The third kappa shape index (κ3) is 4.64. The van der Waals surface area contributed by atoms with Crippen LogP contribution >= 0.6 is 11.8 Å². The molecule has 0 spiro atoms. The molecule has 0 aromatic rings. The van der Waals surface area contributed by atoms with Gasteiger partial charge in [0, 0.05) is 24.9 Å². The number of hydrogen-bond donors (Lipinski definition) is 2. The largest absolute Gasteiger partial charge is 0.356 e. The summed E-state index contributed by atoms with van der Waals surface area (Å²) in [4.78, 5) is 4.24. The molecule has 94 valence electrons. The van der Waals surface area contributed by atoms with Gasteiger partial charge < -0.3 is 10.6 Å². The van der Waals surface area contributed by atoms with Crippen LogP contribution in [0.3, 0.4) is 0 Å². The zero-order valence-electron chi connectivity index (χ0n) is 10.8. The zero-order valence-corrected chi connectivity index (χ0v) is 11.6. The smallest absolute Gasteiger partial charge is 0.191 e. The molecule has 1 aliphatic rings. The molecule has 0 saturated carbocycles. The lowest BCUT2D eigenvalue weighted by Gasteiger charge is -2.24. The van der Waals surface area contributed by atoms with Gasteiger partial charge in [-0.2, -0.15) is 11.8 Å². The number of thioether (sulfide) groups is 1. The van der Waals surface area contributed by atoms with Gasteiger partial charge in [0.1, 0.15) is 0 Å². The van der Waals surface area contributed by atoms with Gasteiger partial charge in [0.25, 0.3) is 0 Å². The number of rotatable bonds is 5. The lowest BCUT2D eigenvalue weighted by molar-refractivity contribution is 0.583. The van der Waals surface area contributed by atoms with E-state index in [0.717, 1.165) is 19.0 Å². The molecular weight excluding hydrogens is 218 g/mol. The molecule has 1 aliphatic heterocycles. The fraction of sp³-hybridized carbons (Fsp3) is 0.917. The fourth-order valence-corrected chi connectivity index (χ4v) is 3.10. The average molecular weight is 243 g/mol. The van der Waals surface area contributed by atoms with Gasteiger partial charge >= 0.3 is 0 Å². The number of guanidine groups is 1. The molecule has 1 rings (SSSR count). The topological polar surface area (TPSA) is 36.4 Å². The van der Waals surface area contributed by atoms with Gasteiger partial charge in [-0.1, -0.05) is 13.3 Å². The van der Waals surface area contributed by atoms with Gasteiger partial charge in [0.05, 0.1) is 0 Å². The van der Waals surface area contributed by atoms with Gasteiger partial charge in [-0.05, 0) is 31.9 Å². The minimum absolute atomic E-state index is 0.405. The zero-order chi connectivity index (χ0) is 11.9. The van der Waals surface area contributed by atoms with E-state index in [-0.39, 0.29) is 0 Å². The molecule has 1 heterocycles. The Kier molecular flexibility index (Phi) is 6.03. The highest BCUT2D eigenvalue weighted by Gasteiger charge is 2.29. The average Bonchev–Trinajstić information content (AvgIpc) is 2.71. The van der Waals surface area contributed by atoms with Crippen LogP contribution in [0.25, 0.3) is 0 Å². The van der Waals surface area contributed by atoms with E-state index < -0.39 is 0 Å². The van der Waals surface area contributed by atoms with E-state index in [1.807, 2.05) is 7.05 Å². The maximum Gasteiger partial charge on any atom is 0.191 e. The summed E-state index contributed by atoms with van der Waals surface area (Å²) in [7, 11) is 1.84. The Labute approximate surface area is 104 Å². The van der Waals surface area contributed by atoms with Gasteiger partial charge in [-0.25, -0.2) is 0 Å². The molecule has 0 aromatic heterocycles. The van der Waals surface area contributed by atoms with E-state index in [1.54, 1.807) is 0 Å². The summed E-state index contributed by atoms with van der Waals surface area (Å²) in [5.41, 5.74) is 0. The Morgan fingerprint density at radius 3 is 2.81 bits per heavy atom. The van der Waals surface area contributed by atoms with Gasteiger partial charge in [0.2, 0.25) is 0 Å². The van der Waals surface area contributed by atoms with Crippen LogP contribution in [-0.4, -0.2) is 36.6 Å². The SMILES string of the molecule is CCCCNC(=NC)NCC1(C)CCCS1. The minimum Gasteiger partial charge on any atom is -0.356 e. The lowest BCUT2D eigenvalue weighted by atomic mass is 10.1. The molecule has 0 radical (unpaired) electrons. The summed E-state index contributed by atoms with van der Waals surface area (Å²) in [6.45, 7) is 6.58. The van der Waals surface area contributed by atoms with Crippen molar-refractivity contribution in [2.45, 2.75) is 44.3 Å². The van der Waals surface area contributed by atoms with Crippen LogP contribution in [0.2, 0.25) is 0 Å². The number of aliphatic imine (C=N–C) groups is 1. The fourth-order valence-electron chi connectivity index (χ4n) is 1.85. The molecule has 3 nitrogen and oxygen atoms in total. The van der Waals surface area contributed by atoms with E-state index in [9.17, 15) is 0 Å². The highest BCUT2D eigenvalue weighted by atomic mass is 32.2. The highest BCUT2D eigenvalue weighted by molar-refractivity contribution is 8.00. The van der Waals surface area contributed by atoms with E-state index >= 15 is 0 Å². The first-order valence-electron chi connectivity index (χ1n) is 6.28. The van der Waals surface area contributed by atoms with Gasteiger partial charge in [0.15, 0.2) is 5.96 Å². The predicted octanol–water partition coefficient (Wildman–Crippen LogP) is 2.24. The normalized spacial score (nSPS) is 25.8. The molecule has 1 saturated heterocycles. The van der Waals surface area contributed by atoms with E-state index in [4.69, 9.17) is 0 Å². The Bertz CT molecular complexity index is 222. The summed E-state index contributed by atoms with van der Waals surface area (Å²) in [6.07, 6.45) is 5.09. The summed E-state index contributed by atoms with van der Waals surface area (Å²) < 4.78 is 0.405. The molecule has 0 bridgehead atoms. The maximum atomic E-state index is 4.24. The van der Waals surface area contributed by atoms with Gasteiger partial charge in [-0.3, -0.25) is 4.99 Å². The minimum atomic E-state index is 0.405. The van der Waals surface area contributed by atoms with Crippen LogP contribution in [0.4, 0.5) is 0 Å². The van der Waals surface area contributed by atoms with Crippen molar-refractivity contribution in [2.75, 3.05) is 25.9 Å².